The number of likely N-dealkylation sites (tertiary alicyclic amines) is 1. The van der Waals surface area contributed by atoms with Gasteiger partial charge in [0.15, 0.2) is 0 Å². The summed E-state index contributed by atoms with van der Waals surface area (Å²) in [4.78, 5) is 15.4. The molecule has 186 valence electrons. The summed E-state index contributed by atoms with van der Waals surface area (Å²) in [6, 6.07) is 13.1. The van der Waals surface area contributed by atoms with E-state index >= 15 is 0 Å². The van der Waals surface area contributed by atoms with Crippen molar-refractivity contribution in [3.05, 3.63) is 59.2 Å². The van der Waals surface area contributed by atoms with Crippen molar-refractivity contribution in [2.24, 2.45) is 5.92 Å². The molecule has 2 aromatic rings. The van der Waals surface area contributed by atoms with Crippen molar-refractivity contribution < 1.29 is 13.2 Å². The Morgan fingerprint density at radius 1 is 1.03 bits per heavy atom. The van der Waals surface area contributed by atoms with Crippen LogP contribution in [0.1, 0.15) is 69.1 Å². The van der Waals surface area contributed by atoms with Crippen molar-refractivity contribution in [3.63, 3.8) is 0 Å². The van der Waals surface area contributed by atoms with Gasteiger partial charge in [-0.25, -0.2) is 13.1 Å². The van der Waals surface area contributed by atoms with E-state index in [2.05, 4.69) is 60.8 Å². The largest absolute Gasteiger partial charge is 0.324 e. The molecule has 7 heteroatoms. The van der Waals surface area contributed by atoms with Gasteiger partial charge in [0.2, 0.25) is 15.9 Å². The first-order valence-corrected chi connectivity index (χ1v) is 13.8. The number of para-hydroxylation sites is 1. The van der Waals surface area contributed by atoms with Crippen LogP contribution in [0.15, 0.2) is 47.4 Å². The van der Waals surface area contributed by atoms with Gasteiger partial charge in [0.05, 0.1) is 11.4 Å². The number of aryl methyl sites for hydroxylation is 1. The van der Waals surface area contributed by atoms with E-state index in [4.69, 9.17) is 0 Å². The minimum atomic E-state index is -3.53. The van der Waals surface area contributed by atoms with Gasteiger partial charge in [-0.05, 0) is 67.3 Å². The first-order chi connectivity index (χ1) is 16.1. The zero-order chi connectivity index (χ0) is 24.9. The van der Waals surface area contributed by atoms with Crippen molar-refractivity contribution in [1.29, 1.82) is 0 Å². The van der Waals surface area contributed by atoms with Crippen LogP contribution in [-0.4, -0.2) is 45.4 Å². The van der Waals surface area contributed by atoms with E-state index in [1.807, 2.05) is 6.92 Å². The molecule has 0 saturated carbocycles. The molecule has 1 aliphatic heterocycles. The van der Waals surface area contributed by atoms with E-state index in [0.717, 1.165) is 41.8 Å². The molecule has 0 radical (unpaired) electrons. The van der Waals surface area contributed by atoms with Crippen LogP contribution >= 0.6 is 0 Å². The molecule has 3 rings (SSSR count). The Labute approximate surface area is 205 Å². The Bertz CT molecular complexity index is 1050. The fraction of sp³-hybridized carbons (Fsp3) is 0.519. The zero-order valence-corrected chi connectivity index (χ0v) is 21.9. The molecular weight excluding hydrogens is 446 g/mol. The molecule has 1 atom stereocenters. The third-order valence-corrected chi connectivity index (χ3v) is 7.94. The maximum absolute atomic E-state index is 13.0. The Morgan fingerprint density at radius 3 is 2.24 bits per heavy atom. The minimum absolute atomic E-state index is 0.0177. The normalized spacial score (nSPS) is 17.3. The van der Waals surface area contributed by atoms with Crippen LogP contribution in [0.25, 0.3) is 0 Å². The Morgan fingerprint density at radius 2 is 1.65 bits per heavy atom. The Hall–Kier alpha value is -2.22. The van der Waals surface area contributed by atoms with Crippen LogP contribution in [0.4, 0.5) is 5.69 Å². The first-order valence-electron chi connectivity index (χ1n) is 12.3. The van der Waals surface area contributed by atoms with Gasteiger partial charge in [-0.15, -0.1) is 0 Å². The Balaban J connectivity index is 1.59. The highest BCUT2D eigenvalue weighted by atomic mass is 32.2. The molecule has 0 aromatic heterocycles. The van der Waals surface area contributed by atoms with E-state index in [1.165, 1.54) is 0 Å². The highest BCUT2D eigenvalue weighted by molar-refractivity contribution is 7.89. The average molecular weight is 486 g/mol. The van der Waals surface area contributed by atoms with Crippen molar-refractivity contribution in [3.8, 4) is 0 Å². The van der Waals surface area contributed by atoms with Gasteiger partial charge in [-0.1, -0.05) is 63.6 Å². The van der Waals surface area contributed by atoms with Gasteiger partial charge in [-0.3, -0.25) is 9.69 Å². The molecule has 1 aliphatic rings. The molecule has 0 spiro atoms. The summed E-state index contributed by atoms with van der Waals surface area (Å²) in [5, 5.41) is 3.19. The molecule has 1 saturated heterocycles. The monoisotopic (exact) mass is 485 g/mol. The smallest absolute Gasteiger partial charge is 0.240 e. The molecule has 1 unspecified atom stereocenters. The van der Waals surface area contributed by atoms with E-state index in [-0.39, 0.29) is 16.7 Å². The predicted octanol–water partition coefficient (Wildman–Crippen LogP) is 4.87. The highest BCUT2D eigenvalue weighted by Gasteiger charge is 2.24. The SMILES string of the molecule is Cc1ccc(S(=O)(=O)NCC2CCCN(CC(=O)Nc3c(C(C)C)cccc3C(C)C)C2)cc1. The third-order valence-electron chi connectivity index (χ3n) is 6.50. The van der Waals surface area contributed by atoms with Gasteiger partial charge >= 0.3 is 0 Å². The molecule has 0 aliphatic carbocycles. The summed E-state index contributed by atoms with van der Waals surface area (Å²) < 4.78 is 28.0. The van der Waals surface area contributed by atoms with Crippen LogP contribution in [-0.2, 0) is 14.8 Å². The second-order valence-electron chi connectivity index (χ2n) is 10.1. The Kier molecular flexibility index (Phi) is 8.90. The standard InChI is InChI=1S/C27H39N3O3S/c1-19(2)24-9-6-10-25(20(3)4)27(24)29-26(31)18-30-15-7-8-22(17-30)16-28-34(32,33)23-13-11-21(5)12-14-23/h6,9-14,19-20,22,28H,7-8,15-18H2,1-5H3,(H,29,31). The van der Waals surface area contributed by atoms with Crippen molar-refractivity contribution in [1.82, 2.24) is 9.62 Å². The van der Waals surface area contributed by atoms with Crippen LogP contribution < -0.4 is 10.0 Å². The number of carbonyl (C=O) groups excluding carboxylic acids is 1. The molecule has 6 nitrogen and oxygen atoms in total. The fourth-order valence-electron chi connectivity index (χ4n) is 4.57. The number of carbonyl (C=O) groups is 1. The maximum atomic E-state index is 13.0. The van der Waals surface area contributed by atoms with E-state index in [9.17, 15) is 13.2 Å². The first kappa shape index (κ1) is 26.4. The number of amides is 1. The molecule has 1 amide bonds. The molecule has 1 fully saturated rings. The summed E-state index contributed by atoms with van der Waals surface area (Å²) in [5.74, 6) is 0.789. The lowest BCUT2D eigenvalue weighted by Gasteiger charge is -2.32. The number of anilines is 1. The number of nitrogens with zero attached hydrogens (tertiary/aromatic N) is 1. The van der Waals surface area contributed by atoms with Crippen LogP contribution in [0.2, 0.25) is 0 Å². The second-order valence-corrected chi connectivity index (χ2v) is 11.8. The number of nitrogens with one attached hydrogen (secondary N) is 2. The minimum Gasteiger partial charge on any atom is -0.324 e. The zero-order valence-electron chi connectivity index (χ0n) is 21.1. The van der Waals surface area contributed by atoms with Crippen LogP contribution in [0.5, 0.6) is 0 Å². The number of sulfonamides is 1. The number of rotatable bonds is 9. The molecule has 2 aromatic carbocycles. The summed E-state index contributed by atoms with van der Waals surface area (Å²) in [6.45, 7) is 12.7. The van der Waals surface area contributed by atoms with E-state index in [0.29, 0.717) is 31.5 Å². The van der Waals surface area contributed by atoms with Gasteiger partial charge in [0.1, 0.15) is 0 Å². The summed E-state index contributed by atoms with van der Waals surface area (Å²) in [7, 11) is -3.53. The van der Waals surface area contributed by atoms with Gasteiger partial charge in [0, 0.05) is 18.8 Å². The molecule has 0 bridgehead atoms. The fourth-order valence-corrected chi connectivity index (χ4v) is 5.68. The van der Waals surface area contributed by atoms with Crippen molar-refractivity contribution in [2.45, 2.75) is 64.2 Å². The quantitative estimate of drug-likeness (QED) is 0.531. The number of benzene rings is 2. The third kappa shape index (κ3) is 6.90. The van der Waals surface area contributed by atoms with Gasteiger partial charge in [0.25, 0.3) is 0 Å². The van der Waals surface area contributed by atoms with Crippen LogP contribution in [0, 0.1) is 12.8 Å². The average Bonchev–Trinajstić information content (AvgIpc) is 2.78. The highest BCUT2D eigenvalue weighted by Crippen LogP contribution is 2.32. The number of hydrogen-bond donors (Lipinski definition) is 2. The van der Waals surface area contributed by atoms with Crippen molar-refractivity contribution >= 4 is 21.6 Å². The summed E-state index contributed by atoms with van der Waals surface area (Å²) in [6.07, 6.45) is 1.90. The van der Waals surface area contributed by atoms with Crippen molar-refractivity contribution in [2.75, 3.05) is 31.5 Å². The number of hydrogen-bond acceptors (Lipinski definition) is 4. The lowest BCUT2D eigenvalue weighted by Crippen LogP contribution is -2.44. The molecule has 2 N–H and O–H groups in total. The lowest BCUT2D eigenvalue weighted by molar-refractivity contribution is -0.117. The summed E-state index contributed by atoms with van der Waals surface area (Å²) >= 11 is 0. The molecular formula is C27H39N3O3S. The van der Waals surface area contributed by atoms with Gasteiger partial charge in [-0.2, -0.15) is 0 Å². The predicted molar refractivity (Wildman–Crippen MR) is 139 cm³/mol. The molecule has 34 heavy (non-hydrogen) atoms. The number of piperidine rings is 1. The lowest BCUT2D eigenvalue weighted by atomic mass is 9.92. The maximum Gasteiger partial charge on any atom is 0.240 e. The van der Waals surface area contributed by atoms with Gasteiger partial charge < -0.3 is 5.32 Å². The van der Waals surface area contributed by atoms with Crippen LogP contribution in [0.3, 0.4) is 0 Å². The topological polar surface area (TPSA) is 78.5 Å². The molecule has 1 heterocycles. The summed E-state index contributed by atoms with van der Waals surface area (Å²) in [5.41, 5.74) is 4.27. The van der Waals surface area contributed by atoms with E-state index in [1.54, 1.807) is 24.3 Å². The second kappa shape index (κ2) is 11.5. The van der Waals surface area contributed by atoms with E-state index < -0.39 is 10.0 Å².